The van der Waals surface area contributed by atoms with Gasteiger partial charge in [-0.2, -0.15) is 0 Å². The topological polar surface area (TPSA) is 46.2 Å². The Bertz CT molecular complexity index is 522. The Morgan fingerprint density at radius 1 is 1.33 bits per heavy atom. The number of nitrogens with one attached hydrogen (secondary N) is 1. The van der Waals surface area contributed by atoms with Gasteiger partial charge in [0.25, 0.3) is 0 Å². The minimum Gasteiger partial charge on any atom is -0.208 e. The number of halogens is 3. The Morgan fingerprint density at radius 3 is 2.44 bits per heavy atom. The van der Waals surface area contributed by atoms with E-state index < -0.39 is 32.6 Å². The van der Waals surface area contributed by atoms with Crippen molar-refractivity contribution in [2.24, 2.45) is 5.92 Å². The molecule has 0 bridgehead atoms. The van der Waals surface area contributed by atoms with Gasteiger partial charge in [-0.1, -0.05) is 6.92 Å². The summed E-state index contributed by atoms with van der Waals surface area (Å²) in [7, 11) is -4.01. The SMILES string of the molecule is CC(CCl)C(C)NS(=O)(=O)c1ccc(F)cc1F. The van der Waals surface area contributed by atoms with Gasteiger partial charge in [0.05, 0.1) is 0 Å². The van der Waals surface area contributed by atoms with E-state index in [1.165, 1.54) is 0 Å². The summed E-state index contributed by atoms with van der Waals surface area (Å²) in [6.07, 6.45) is 0. The van der Waals surface area contributed by atoms with Crippen LogP contribution in [0.3, 0.4) is 0 Å². The van der Waals surface area contributed by atoms with Crippen LogP contribution in [0.5, 0.6) is 0 Å². The van der Waals surface area contributed by atoms with Gasteiger partial charge < -0.3 is 0 Å². The first-order chi connectivity index (χ1) is 8.27. The van der Waals surface area contributed by atoms with Gasteiger partial charge in [-0.3, -0.25) is 0 Å². The van der Waals surface area contributed by atoms with Crippen molar-refractivity contribution in [3.8, 4) is 0 Å². The quantitative estimate of drug-likeness (QED) is 0.849. The van der Waals surface area contributed by atoms with Gasteiger partial charge >= 0.3 is 0 Å². The molecule has 0 saturated heterocycles. The molecule has 0 saturated carbocycles. The van der Waals surface area contributed by atoms with E-state index in [-0.39, 0.29) is 11.8 Å². The van der Waals surface area contributed by atoms with Crippen LogP contribution in [0.25, 0.3) is 0 Å². The lowest BCUT2D eigenvalue weighted by molar-refractivity contribution is 0.476. The van der Waals surface area contributed by atoms with Crippen LogP contribution in [0.4, 0.5) is 8.78 Å². The van der Waals surface area contributed by atoms with E-state index in [1.807, 2.05) is 0 Å². The zero-order chi connectivity index (χ0) is 13.9. The molecule has 0 spiro atoms. The van der Waals surface area contributed by atoms with Crippen molar-refractivity contribution in [2.45, 2.75) is 24.8 Å². The minimum atomic E-state index is -4.01. The smallest absolute Gasteiger partial charge is 0.208 e. The fourth-order valence-electron chi connectivity index (χ4n) is 1.25. The van der Waals surface area contributed by atoms with E-state index in [2.05, 4.69) is 4.72 Å². The second-order valence-electron chi connectivity index (χ2n) is 4.12. The Kier molecular flexibility index (Phi) is 5.07. The third kappa shape index (κ3) is 3.63. The first-order valence-corrected chi connectivity index (χ1v) is 7.33. The lowest BCUT2D eigenvalue weighted by atomic mass is 10.1. The minimum absolute atomic E-state index is 0.107. The predicted molar refractivity (Wildman–Crippen MR) is 66.0 cm³/mol. The first kappa shape index (κ1) is 15.3. The molecular formula is C11H14ClF2NO2S. The molecule has 2 atom stereocenters. The molecule has 3 nitrogen and oxygen atoms in total. The molecule has 0 heterocycles. The van der Waals surface area contributed by atoms with Crippen LogP contribution in [-0.4, -0.2) is 20.3 Å². The van der Waals surface area contributed by atoms with Gasteiger partial charge in [-0.05, 0) is 25.0 Å². The molecule has 7 heteroatoms. The van der Waals surface area contributed by atoms with Crippen LogP contribution >= 0.6 is 11.6 Å². The van der Waals surface area contributed by atoms with Gasteiger partial charge in [0.15, 0.2) is 0 Å². The van der Waals surface area contributed by atoms with E-state index >= 15 is 0 Å². The van der Waals surface area contributed by atoms with Crippen LogP contribution < -0.4 is 4.72 Å². The van der Waals surface area contributed by atoms with E-state index in [0.717, 1.165) is 12.1 Å². The second kappa shape index (κ2) is 5.95. The highest BCUT2D eigenvalue weighted by molar-refractivity contribution is 7.89. The summed E-state index contributed by atoms with van der Waals surface area (Å²) in [6, 6.07) is 1.87. The molecule has 0 aliphatic heterocycles. The molecule has 0 amide bonds. The Hall–Kier alpha value is -0.720. The maximum atomic E-state index is 13.4. The molecule has 102 valence electrons. The van der Waals surface area contributed by atoms with Crippen LogP contribution in [0, 0.1) is 17.6 Å². The zero-order valence-electron chi connectivity index (χ0n) is 9.95. The molecule has 0 fully saturated rings. The number of hydrogen-bond acceptors (Lipinski definition) is 2. The van der Waals surface area contributed by atoms with E-state index in [9.17, 15) is 17.2 Å². The molecular weight excluding hydrogens is 284 g/mol. The Morgan fingerprint density at radius 2 is 1.94 bits per heavy atom. The highest BCUT2D eigenvalue weighted by atomic mass is 35.5. The summed E-state index contributed by atoms with van der Waals surface area (Å²) in [6.45, 7) is 3.40. The lowest BCUT2D eigenvalue weighted by Gasteiger charge is -2.19. The van der Waals surface area contributed by atoms with Crippen LogP contribution in [0.1, 0.15) is 13.8 Å². The maximum Gasteiger partial charge on any atom is 0.243 e. The monoisotopic (exact) mass is 297 g/mol. The van der Waals surface area contributed by atoms with Crippen LogP contribution in [-0.2, 0) is 10.0 Å². The zero-order valence-corrected chi connectivity index (χ0v) is 11.5. The summed E-state index contributed by atoms with van der Waals surface area (Å²) in [5.41, 5.74) is 0. The number of hydrogen-bond donors (Lipinski definition) is 1. The van der Waals surface area contributed by atoms with Gasteiger partial charge in [0.1, 0.15) is 16.5 Å². The van der Waals surface area contributed by atoms with Gasteiger partial charge in [0.2, 0.25) is 10.0 Å². The number of alkyl halides is 1. The molecule has 0 aromatic heterocycles. The van der Waals surface area contributed by atoms with Crippen LogP contribution in [0.2, 0.25) is 0 Å². The largest absolute Gasteiger partial charge is 0.243 e. The molecule has 0 radical (unpaired) electrons. The summed E-state index contributed by atoms with van der Waals surface area (Å²) in [5.74, 6) is -1.78. The lowest BCUT2D eigenvalue weighted by Crippen LogP contribution is -2.38. The van der Waals surface area contributed by atoms with Crippen molar-refractivity contribution < 1.29 is 17.2 Å². The van der Waals surface area contributed by atoms with Gasteiger partial charge in [-0.25, -0.2) is 21.9 Å². The van der Waals surface area contributed by atoms with Gasteiger partial charge in [-0.15, -0.1) is 11.6 Å². The van der Waals surface area contributed by atoms with E-state index in [4.69, 9.17) is 11.6 Å². The van der Waals surface area contributed by atoms with Crippen molar-refractivity contribution >= 4 is 21.6 Å². The summed E-state index contributed by atoms with van der Waals surface area (Å²) < 4.78 is 52.2. The van der Waals surface area contributed by atoms with Crippen molar-refractivity contribution in [2.75, 3.05) is 5.88 Å². The first-order valence-electron chi connectivity index (χ1n) is 5.31. The highest BCUT2D eigenvalue weighted by Gasteiger charge is 2.23. The molecule has 0 aliphatic rings. The maximum absolute atomic E-state index is 13.4. The summed E-state index contributed by atoms with van der Waals surface area (Å²) in [5, 5.41) is 0. The fourth-order valence-corrected chi connectivity index (χ4v) is 2.93. The normalized spacial score (nSPS) is 15.4. The van der Waals surface area contributed by atoms with Crippen molar-refractivity contribution in [3.05, 3.63) is 29.8 Å². The summed E-state index contributed by atoms with van der Waals surface area (Å²) in [4.78, 5) is -0.572. The van der Waals surface area contributed by atoms with Crippen molar-refractivity contribution in [1.29, 1.82) is 0 Å². The molecule has 1 aromatic carbocycles. The fraction of sp³-hybridized carbons (Fsp3) is 0.455. The predicted octanol–water partition coefficient (Wildman–Crippen LogP) is 2.51. The highest BCUT2D eigenvalue weighted by Crippen LogP contribution is 2.17. The molecule has 1 N–H and O–H groups in total. The Labute approximate surface area is 110 Å². The molecule has 1 rings (SSSR count). The van der Waals surface area contributed by atoms with E-state index in [0.29, 0.717) is 6.07 Å². The number of sulfonamides is 1. The molecule has 0 aliphatic carbocycles. The number of rotatable bonds is 5. The molecule has 2 unspecified atom stereocenters. The number of benzene rings is 1. The molecule has 1 aromatic rings. The molecule has 18 heavy (non-hydrogen) atoms. The Balaban J connectivity index is 3.00. The van der Waals surface area contributed by atoms with E-state index in [1.54, 1.807) is 13.8 Å². The second-order valence-corrected chi connectivity index (χ2v) is 6.11. The standard InChI is InChI=1S/C11H14ClF2NO2S/c1-7(6-12)8(2)15-18(16,17)11-4-3-9(13)5-10(11)14/h3-5,7-8,15H,6H2,1-2H3. The average molecular weight is 298 g/mol. The third-order valence-electron chi connectivity index (χ3n) is 2.62. The van der Waals surface area contributed by atoms with Gasteiger partial charge in [0, 0.05) is 18.0 Å². The summed E-state index contributed by atoms with van der Waals surface area (Å²) >= 11 is 5.62. The van der Waals surface area contributed by atoms with Crippen molar-refractivity contribution in [3.63, 3.8) is 0 Å². The van der Waals surface area contributed by atoms with Crippen molar-refractivity contribution in [1.82, 2.24) is 4.72 Å². The third-order valence-corrected chi connectivity index (χ3v) is 4.70. The van der Waals surface area contributed by atoms with Crippen LogP contribution in [0.15, 0.2) is 23.1 Å². The average Bonchev–Trinajstić information content (AvgIpc) is 2.26.